The van der Waals surface area contributed by atoms with Gasteiger partial charge in [0.2, 0.25) is 0 Å². The molecule has 2 rings (SSSR count). The maximum Gasteiger partial charge on any atom is 0.106 e. The minimum Gasteiger partial charge on any atom is -0.395 e. The van der Waals surface area contributed by atoms with Gasteiger partial charge < -0.3 is 15.7 Å². The number of nitrogens with zero attached hydrogens (tertiary/aromatic N) is 3. The molecule has 0 spiro atoms. The van der Waals surface area contributed by atoms with Crippen molar-refractivity contribution in [2.75, 3.05) is 44.2 Å². The lowest BCUT2D eigenvalue weighted by atomic mass is 10.2. The van der Waals surface area contributed by atoms with E-state index in [0.717, 1.165) is 44.0 Å². The molecule has 5 nitrogen and oxygen atoms in total. The number of hydrogen-bond donors (Lipinski definition) is 2. The second-order valence-corrected chi connectivity index (χ2v) is 4.75. The molecule has 0 radical (unpaired) electrons. The van der Waals surface area contributed by atoms with Gasteiger partial charge in [-0.1, -0.05) is 12.2 Å². The van der Waals surface area contributed by atoms with Gasteiger partial charge in [0.05, 0.1) is 18.5 Å². The third-order valence-corrected chi connectivity index (χ3v) is 3.41. The second kappa shape index (κ2) is 6.08. The molecule has 1 saturated heterocycles. The summed E-state index contributed by atoms with van der Waals surface area (Å²) in [6, 6.07) is 1.86. The molecule has 0 aromatic carbocycles. The lowest BCUT2D eigenvalue weighted by molar-refractivity contribution is 0.189. The Labute approximate surface area is 112 Å². The molecule has 1 aliphatic rings. The van der Waals surface area contributed by atoms with Crippen LogP contribution in [-0.2, 0) is 0 Å². The molecular weight excluding hydrogens is 248 g/mol. The highest BCUT2D eigenvalue weighted by Gasteiger charge is 2.19. The molecule has 0 amide bonds. The van der Waals surface area contributed by atoms with Gasteiger partial charge in [0.25, 0.3) is 0 Å². The number of hydrogen-bond acceptors (Lipinski definition) is 5. The Morgan fingerprint density at radius 2 is 2.11 bits per heavy atom. The van der Waals surface area contributed by atoms with E-state index in [2.05, 4.69) is 14.8 Å². The molecule has 0 bridgehead atoms. The van der Waals surface area contributed by atoms with Gasteiger partial charge in [0.1, 0.15) is 4.99 Å². The predicted octanol–water partition coefficient (Wildman–Crippen LogP) is -0.170. The van der Waals surface area contributed by atoms with Gasteiger partial charge in [-0.05, 0) is 6.07 Å². The Balaban J connectivity index is 2.07. The summed E-state index contributed by atoms with van der Waals surface area (Å²) >= 11 is 5.06. The van der Waals surface area contributed by atoms with Crippen LogP contribution in [0.15, 0.2) is 18.5 Å². The number of aliphatic hydroxyl groups excluding tert-OH is 1. The van der Waals surface area contributed by atoms with Crippen LogP contribution in [0.4, 0.5) is 5.69 Å². The Kier molecular flexibility index (Phi) is 4.46. The zero-order chi connectivity index (χ0) is 13.0. The molecule has 0 atom stereocenters. The molecule has 1 fully saturated rings. The molecular formula is C12H18N4OS. The highest BCUT2D eigenvalue weighted by Crippen LogP contribution is 2.20. The maximum absolute atomic E-state index is 8.92. The van der Waals surface area contributed by atoms with Crippen LogP contribution in [0, 0.1) is 0 Å². The van der Waals surface area contributed by atoms with Crippen LogP contribution in [-0.4, -0.2) is 59.3 Å². The average Bonchev–Trinajstić information content (AvgIpc) is 2.40. The summed E-state index contributed by atoms with van der Waals surface area (Å²) in [7, 11) is 0. The smallest absolute Gasteiger partial charge is 0.106 e. The molecule has 18 heavy (non-hydrogen) atoms. The van der Waals surface area contributed by atoms with E-state index < -0.39 is 0 Å². The van der Waals surface area contributed by atoms with Crippen molar-refractivity contribution in [3.05, 3.63) is 24.0 Å². The summed E-state index contributed by atoms with van der Waals surface area (Å²) in [5.74, 6) is 0. The quantitative estimate of drug-likeness (QED) is 0.738. The Morgan fingerprint density at radius 3 is 2.72 bits per heavy atom. The first kappa shape index (κ1) is 13.2. The molecule has 3 N–H and O–H groups in total. The molecule has 98 valence electrons. The Hall–Kier alpha value is -1.24. The number of aliphatic hydroxyl groups is 1. The maximum atomic E-state index is 8.92. The summed E-state index contributed by atoms with van der Waals surface area (Å²) in [4.78, 5) is 9.04. The first-order chi connectivity index (χ1) is 8.72. The standard InChI is InChI=1S/C12H18N4OS/c13-12(18)10-1-2-14-9-11(10)16-5-3-15(4-6-16)7-8-17/h1-2,9,17H,3-8H2,(H2,13,18). The van der Waals surface area contributed by atoms with Crippen molar-refractivity contribution in [2.24, 2.45) is 5.73 Å². The van der Waals surface area contributed by atoms with E-state index in [1.54, 1.807) is 6.20 Å². The number of rotatable bonds is 4. The fourth-order valence-corrected chi connectivity index (χ4v) is 2.37. The van der Waals surface area contributed by atoms with Crippen molar-refractivity contribution < 1.29 is 5.11 Å². The third kappa shape index (κ3) is 2.95. The van der Waals surface area contributed by atoms with E-state index in [1.807, 2.05) is 12.3 Å². The minimum atomic E-state index is 0.213. The predicted molar refractivity (Wildman–Crippen MR) is 75.9 cm³/mol. The Morgan fingerprint density at radius 1 is 1.39 bits per heavy atom. The molecule has 0 saturated carbocycles. The highest BCUT2D eigenvalue weighted by atomic mass is 32.1. The molecule has 0 unspecified atom stereocenters. The fraction of sp³-hybridized carbons (Fsp3) is 0.500. The van der Waals surface area contributed by atoms with E-state index >= 15 is 0 Å². The van der Waals surface area contributed by atoms with E-state index in [1.165, 1.54) is 0 Å². The van der Waals surface area contributed by atoms with E-state index in [9.17, 15) is 0 Å². The van der Waals surface area contributed by atoms with Gasteiger partial charge in [0.15, 0.2) is 0 Å². The van der Waals surface area contributed by atoms with Crippen molar-refractivity contribution in [3.8, 4) is 0 Å². The number of piperazine rings is 1. The number of β-amino-alcohol motifs (C(OH)–C–C–N with tert-alkyl or cyclic N) is 1. The SMILES string of the molecule is NC(=S)c1ccncc1N1CCN(CCO)CC1. The number of nitrogens with two attached hydrogens (primary N) is 1. The lowest BCUT2D eigenvalue weighted by Crippen LogP contribution is -2.47. The molecule has 1 aliphatic heterocycles. The topological polar surface area (TPSA) is 65.6 Å². The van der Waals surface area contributed by atoms with E-state index in [4.69, 9.17) is 23.1 Å². The van der Waals surface area contributed by atoms with E-state index in [-0.39, 0.29) is 6.61 Å². The molecule has 2 heterocycles. The average molecular weight is 266 g/mol. The zero-order valence-electron chi connectivity index (χ0n) is 10.2. The van der Waals surface area contributed by atoms with Gasteiger partial charge in [-0.15, -0.1) is 0 Å². The lowest BCUT2D eigenvalue weighted by Gasteiger charge is -2.36. The first-order valence-electron chi connectivity index (χ1n) is 6.04. The van der Waals surface area contributed by atoms with Crippen LogP contribution in [0.3, 0.4) is 0 Å². The van der Waals surface area contributed by atoms with E-state index in [0.29, 0.717) is 4.99 Å². The van der Waals surface area contributed by atoms with Gasteiger partial charge in [-0.2, -0.15) is 0 Å². The summed E-state index contributed by atoms with van der Waals surface area (Å²) in [5.41, 5.74) is 7.62. The minimum absolute atomic E-state index is 0.213. The van der Waals surface area contributed by atoms with Crippen molar-refractivity contribution in [1.82, 2.24) is 9.88 Å². The van der Waals surface area contributed by atoms with Crippen molar-refractivity contribution in [2.45, 2.75) is 0 Å². The van der Waals surface area contributed by atoms with Crippen LogP contribution in [0.1, 0.15) is 5.56 Å². The summed E-state index contributed by atoms with van der Waals surface area (Å²) in [5, 5.41) is 8.92. The fourth-order valence-electron chi connectivity index (χ4n) is 2.20. The number of anilines is 1. The third-order valence-electron chi connectivity index (χ3n) is 3.19. The first-order valence-corrected chi connectivity index (χ1v) is 6.45. The zero-order valence-corrected chi connectivity index (χ0v) is 11.1. The van der Waals surface area contributed by atoms with Crippen LogP contribution in [0.25, 0.3) is 0 Å². The van der Waals surface area contributed by atoms with Crippen molar-refractivity contribution in [1.29, 1.82) is 0 Å². The molecule has 6 heteroatoms. The summed E-state index contributed by atoms with van der Waals surface area (Å²) in [6.45, 7) is 4.63. The van der Waals surface area contributed by atoms with Gasteiger partial charge in [0, 0.05) is 44.5 Å². The monoisotopic (exact) mass is 266 g/mol. The molecule has 1 aromatic rings. The van der Waals surface area contributed by atoms with Crippen LogP contribution < -0.4 is 10.6 Å². The molecule has 0 aliphatic carbocycles. The summed E-state index contributed by atoms with van der Waals surface area (Å²) in [6.07, 6.45) is 3.52. The van der Waals surface area contributed by atoms with Gasteiger partial charge in [-0.25, -0.2) is 0 Å². The number of aromatic nitrogens is 1. The Bertz CT molecular complexity index is 418. The van der Waals surface area contributed by atoms with Gasteiger partial charge in [-0.3, -0.25) is 9.88 Å². The summed E-state index contributed by atoms with van der Waals surface area (Å²) < 4.78 is 0. The normalized spacial score (nSPS) is 16.8. The largest absolute Gasteiger partial charge is 0.395 e. The van der Waals surface area contributed by atoms with Crippen molar-refractivity contribution in [3.63, 3.8) is 0 Å². The number of thiocarbonyl (C=S) groups is 1. The van der Waals surface area contributed by atoms with Crippen LogP contribution >= 0.6 is 12.2 Å². The van der Waals surface area contributed by atoms with Crippen molar-refractivity contribution >= 4 is 22.9 Å². The second-order valence-electron chi connectivity index (χ2n) is 4.31. The number of pyridine rings is 1. The van der Waals surface area contributed by atoms with Crippen LogP contribution in [0.5, 0.6) is 0 Å². The van der Waals surface area contributed by atoms with Crippen LogP contribution in [0.2, 0.25) is 0 Å². The molecule has 1 aromatic heterocycles. The van der Waals surface area contributed by atoms with Gasteiger partial charge >= 0.3 is 0 Å². The highest BCUT2D eigenvalue weighted by molar-refractivity contribution is 7.80.